The van der Waals surface area contributed by atoms with E-state index in [4.69, 9.17) is 10.5 Å². The molecule has 0 spiro atoms. The summed E-state index contributed by atoms with van der Waals surface area (Å²) in [6, 6.07) is -0.315. The quantitative estimate of drug-likeness (QED) is 0.716. The first-order valence-electron chi connectivity index (χ1n) is 5.66. The van der Waals surface area contributed by atoms with Crippen LogP contribution in [0.4, 0.5) is 4.79 Å². The number of rotatable bonds is 2. The highest BCUT2D eigenvalue weighted by Gasteiger charge is 2.37. The molecule has 6 heteroatoms. The van der Waals surface area contributed by atoms with Gasteiger partial charge in [0.25, 0.3) is 0 Å². The number of urea groups is 1. The molecule has 0 bridgehead atoms. The molecule has 16 heavy (non-hydrogen) atoms. The molecule has 2 aliphatic rings. The number of aliphatic imine (C=N–C) groups is 1. The van der Waals surface area contributed by atoms with E-state index in [0.717, 1.165) is 12.8 Å². The highest BCUT2D eigenvalue weighted by Crippen LogP contribution is 2.30. The van der Waals surface area contributed by atoms with Gasteiger partial charge in [-0.15, -0.1) is 0 Å². The number of guanidine groups is 1. The Balaban J connectivity index is 2.02. The number of hydrogen-bond acceptors (Lipinski definition) is 4. The summed E-state index contributed by atoms with van der Waals surface area (Å²) in [6.45, 7) is 4.62. The lowest BCUT2D eigenvalue weighted by molar-refractivity contribution is -0.0385. The molecule has 0 aromatic heterocycles. The molecule has 2 aliphatic heterocycles. The van der Waals surface area contributed by atoms with Crippen LogP contribution in [-0.4, -0.2) is 35.9 Å². The van der Waals surface area contributed by atoms with Gasteiger partial charge in [0.15, 0.2) is 5.96 Å². The molecule has 0 aliphatic carbocycles. The number of amides is 2. The second kappa shape index (κ2) is 4.29. The van der Waals surface area contributed by atoms with Crippen LogP contribution in [-0.2, 0) is 4.74 Å². The minimum atomic E-state index is -0.315. The number of carbonyl (C=O) groups excluding carboxylic acids is 1. The molecule has 2 amide bonds. The molecule has 1 fully saturated rings. The van der Waals surface area contributed by atoms with Crippen LogP contribution in [0, 0.1) is 5.92 Å². The van der Waals surface area contributed by atoms with Gasteiger partial charge in [-0.05, 0) is 18.8 Å². The number of carbonyl (C=O) groups is 1. The number of nitrogens with one attached hydrogen (secondary N) is 1. The van der Waals surface area contributed by atoms with Crippen LogP contribution < -0.4 is 11.1 Å². The van der Waals surface area contributed by atoms with Crippen molar-refractivity contribution in [2.75, 3.05) is 6.67 Å². The van der Waals surface area contributed by atoms with Gasteiger partial charge in [-0.25, -0.2) is 4.79 Å². The average molecular weight is 226 g/mol. The molecular weight excluding hydrogens is 208 g/mol. The summed E-state index contributed by atoms with van der Waals surface area (Å²) < 4.78 is 5.82. The van der Waals surface area contributed by atoms with E-state index >= 15 is 0 Å². The fourth-order valence-corrected chi connectivity index (χ4v) is 2.23. The maximum Gasteiger partial charge on any atom is 0.350 e. The van der Waals surface area contributed by atoms with Crippen molar-refractivity contribution >= 4 is 12.0 Å². The zero-order valence-corrected chi connectivity index (χ0v) is 9.64. The van der Waals surface area contributed by atoms with Crippen LogP contribution in [0.25, 0.3) is 0 Å². The van der Waals surface area contributed by atoms with Crippen molar-refractivity contribution in [2.45, 2.75) is 39.0 Å². The highest BCUT2D eigenvalue weighted by atomic mass is 16.5. The van der Waals surface area contributed by atoms with Gasteiger partial charge in [0.2, 0.25) is 0 Å². The first-order valence-corrected chi connectivity index (χ1v) is 5.66. The molecule has 0 aromatic carbocycles. The van der Waals surface area contributed by atoms with Gasteiger partial charge in [-0.2, -0.15) is 4.99 Å². The summed E-state index contributed by atoms with van der Waals surface area (Å²) in [7, 11) is 0. The summed E-state index contributed by atoms with van der Waals surface area (Å²) in [4.78, 5) is 16.9. The number of nitrogens with two attached hydrogens (primary N) is 1. The zero-order chi connectivity index (χ0) is 11.7. The monoisotopic (exact) mass is 226 g/mol. The van der Waals surface area contributed by atoms with E-state index in [-0.39, 0.29) is 24.3 Å². The third kappa shape index (κ3) is 1.97. The third-order valence-corrected chi connectivity index (χ3v) is 3.18. The topological polar surface area (TPSA) is 79.9 Å². The van der Waals surface area contributed by atoms with Gasteiger partial charge in [-0.1, -0.05) is 13.8 Å². The third-order valence-electron chi connectivity index (χ3n) is 3.18. The molecule has 90 valence electrons. The second-order valence-corrected chi connectivity index (χ2v) is 4.33. The van der Waals surface area contributed by atoms with Crippen molar-refractivity contribution in [1.82, 2.24) is 10.2 Å². The Labute approximate surface area is 94.8 Å². The highest BCUT2D eigenvalue weighted by molar-refractivity contribution is 5.93. The molecule has 2 heterocycles. The minimum absolute atomic E-state index is 0.170. The Kier molecular flexibility index (Phi) is 3.00. The van der Waals surface area contributed by atoms with Crippen molar-refractivity contribution in [3.05, 3.63) is 0 Å². The molecule has 3 N–H and O–H groups in total. The lowest BCUT2D eigenvalue weighted by Gasteiger charge is -2.30. The van der Waals surface area contributed by atoms with E-state index in [2.05, 4.69) is 24.2 Å². The van der Waals surface area contributed by atoms with E-state index in [1.807, 2.05) is 0 Å². The van der Waals surface area contributed by atoms with E-state index in [1.54, 1.807) is 4.90 Å². The lowest BCUT2D eigenvalue weighted by Crippen LogP contribution is -2.52. The zero-order valence-electron chi connectivity index (χ0n) is 9.64. The van der Waals surface area contributed by atoms with Crippen LogP contribution in [0.3, 0.4) is 0 Å². The standard InChI is InChI=1S/C10H18N4O2/c1-3-7-6(2)4-8(16-7)14-5-12-9(11)13-10(14)15/h6-8H,3-5H2,1-2H3,(H3,11,12,13,15)/t6?,7?,8-/m1/s1. The second-order valence-electron chi connectivity index (χ2n) is 4.33. The Bertz CT molecular complexity index is 318. The van der Waals surface area contributed by atoms with Crippen molar-refractivity contribution < 1.29 is 9.53 Å². The van der Waals surface area contributed by atoms with Gasteiger partial charge in [-0.3, -0.25) is 4.90 Å². The van der Waals surface area contributed by atoms with Crippen LogP contribution in [0.15, 0.2) is 4.99 Å². The van der Waals surface area contributed by atoms with Crippen LogP contribution in [0.2, 0.25) is 0 Å². The molecule has 6 nitrogen and oxygen atoms in total. The summed E-state index contributed by atoms with van der Waals surface area (Å²) in [5, 5.41) is 2.84. The first-order chi connectivity index (χ1) is 7.61. The van der Waals surface area contributed by atoms with Crippen LogP contribution in [0.5, 0.6) is 0 Å². The summed E-state index contributed by atoms with van der Waals surface area (Å²) >= 11 is 0. The SMILES string of the molecule is CCC1O[C@@H](N2CNC(N)=NC2=O)CC1C. The molecule has 2 rings (SSSR count). The first kappa shape index (κ1) is 11.2. The number of ether oxygens (including phenoxy) is 1. The fraction of sp³-hybridized carbons (Fsp3) is 0.800. The fourth-order valence-electron chi connectivity index (χ4n) is 2.23. The predicted molar refractivity (Wildman–Crippen MR) is 59.6 cm³/mol. The maximum absolute atomic E-state index is 11.6. The molecule has 2 unspecified atom stereocenters. The van der Waals surface area contributed by atoms with Gasteiger partial charge in [0.05, 0.1) is 12.8 Å². The van der Waals surface area contributed by atoms with E-state index in [0.29, 0.717) is 12.6 Å². The van der Waals surface area contributed by atoms with Crippen molar-refractivity contribution in [3.8, 4) is 0 Å². The Morgan fingerprint density at radius 2 is 2.44 bits per heavy atom. The van der Waals surface area contributed by atoms with E-state index in [9.17, 15) is 4.79 Å². The number of nitrogens with zero attached hydrogens (tertiary/aromatic N) is 2. The van der Waals surface area contributed by atoms with Crippen molar-refractivity contribution in [1.29, 1.82) is 0 Å². The molecular formula is C10H18N4O2. The maximum atomic E-state index is 11.6. The molecule has 0 saturated carbocycles. The molecule has 0 radical (unpaired) electrons. The van der Waals surface area contributed by atoms with Gasteiger partial charge >= 0.3 is 6.03 Å². The summed E-state index contributed by atoms with van der Waals surface area (Å²) in [6.07, 6.45) is 1.90. The average Bonchev–Trinajstić information content (AvgIpc) is 2.59. The minimum Gasteiger partial charge on any atom is -0.369 e. The van der Waals surface area contributed by atoms with Crippen LogP contribution in [0.1, 0.15) is 26.7 Å². The molecule has 0 aromatic rings. The predicted octanol–water partition coefficient (Wildman–Crippen LogP) is 0.445. The Morgan fingerprint density at radius 1 is 1.69 bits per heavy atom. The van der Waals surface area contributed by atoms with E-state index < -0.39 is 0 Å². The smallest absolute Gasteiger partial charge is 0.350 e. The van der Waals surface area contributed by atoms with Gasteiger partial charge in [0.1, 0.15) is 6.23 Å². The van der Waals surface area contributed by atoms with Crippen molar-refractivity contribution in [2.24, 2.45) is 16.6 Å². The number of hydrogen-bond donors (Lipinski definition) is 2. The summed E-state index contributed by atoms with van der Waals surface area (Å²) in [5.41, 5.74) is 5.42. The Hall–Kier alpha value is -1.30. The van der Waals surface area contributed by atoms with Crippen LogP contribution >= 0.6 is 0 Å². The molecule has 1 saturated heterocycles. The largest absolute Gasteiger partial charge is 0.369 e. The lowest BCUT2D eigenvalue weighted by atomic mass is 10.0. The summed E-state index contributed by atoms with van der Waals surface area (Å²) in [5.74, 6) is 0.658. The Morgan fingerprint density at radius 3 is 3.00 bits per heavy atom. The van der Waals surface area contributed by atoms with Gasteiger partial charge in [0, 0.05) is 0 Å². The van der Waals surface area contributed by atoms with Crippen molar-refractivity contribution in [3.63, 3.8) is 0 Å². The molecule has 3 atom stereocenters. The van der Waals surface area contributed by atoms with Gasteiger partial charge < -0.3 is 15.8 Å². The normalized spacial score (nSPS) is 34.9. The van der Waals surface area contributed by atoms with E-state index in [1.165, 1.54) is 0 Å².